The van der Waals surface area contributed by atoms with E-state index in [1.54, 1.807) is 12.1 Å². The zero-order valence-corrected chi connectivity index (χ0v) is 13.2. The van der Waals surface area contributed by atoms with E-state index < -0.39 is 11.7 Å². The number of alkyl halides is 3. The molecule has 1 heterocycles. The lowest BCUT2D eigenvalue weighted by Crippen LogP contribution is -2.25. The number of halogens is 3. The first-order valence-electron chi connectivity index (χ1n) is 8.34. The first-order valence-corrected chi connectivity index (χ1v) is 8.34. The Morgan fingerprint density at radius 3 is 2.62 bits per heavy atom. The molecule has 1 unspecified atom stereocenters. The lowest BCUT2D eigenvalue weighted by molar-refractivity contribution is -0.137. The molecule has 0 fully saturated rings. The second-order valence-corrected chi connectivity index (χ2v) is 6.76. The summed E-state index contributed by atoms with van der Waals surface area (Å²) in [5.74, 6) is 0.636. The highest BCUT2D eigenvalue weighted by Gasteiger charge is 2.33. The first kappa shape index (κ1) is 15.5. The highest BCUT2D eigenvalue weighted by molar-refractivity contribution is 5.92. The van der Waals surface area contributed by atoms with Gasteiger partial charge in [0.15, 0.2) is 5.78 Å². The van der Waals surface area contributed by atoms with Crippen molar-refractivity contribution in [1.29, 1.82) is 0 Å². The van der Waals surface area contributed by atoms with Gasteiger partial charge >= 0.3 is 6.18 Å². The van der Waals surface area contributed by atoms with Gasteiger partial charge in [0.2, 0.25) is 0 Å². The van der Waals surface area contributed by atoms with Gasteiger partial charge in [0.1, 0.15) is 0 Å². The summed E-state index contributed by atoms with van der Waals surface area (Å²) >= 11 is 0. The summed E-state index contributed by atoms with van der Waals surface area (Å²) < 4.78 is 38.6. The molecule has 0 N–H and O–H groups in total. The van der Waals surface area contributed by atoms with Gasteiger partial charge in [-0.2, -0.15) is 13.2 Å². The molecule has 3 aliphatic rings. The van der Waals surface area contributed by atoms with E-state index in [9.17, 15) is 18.0 Å². The molecule has 126 valence electrons. The predicted octanol–water partition coefficient (Wildman–Crippen LogP) is 4.65. The van der Waals surface area contributed by atoms with Crippen molar-refractivity contribution in [2.75, 3.05) is 11.4 Å². The summed E-state index contributed by atoms with van der Waals surface area (Å²) in [6, 6.07) is 4.01. The van der Waals surface area contributed by atoms with Gasteiger partial charge in [0, 0.05) is 24.4 Å². The number of rotatable bonds is 1. The second kappa shape index (κ2) is 5.50. The minimum absolute atomic E-state index is 0.176. The summed E-state index contributed by atoms with van der Waals surface area (Å²) in [6.07, 6.45) is 3.62. The van der Waals surface area contributed by atoms with E-state index in [4.69, 9.17) is 0 Å². The maximum atomic E-state index is 12.9. The van der Waals surface area contributed by atoms with Gasteiger partial charge in [0.25, 0.3) is 0 Å². The van der Waals surface area contributed by atoms with Crippen molar-refractivity contribution in [3.8, 4) is 0 Å². The molecule has 1 aromatic rings. The van der Waals surface area contributed by atoms with Crippen LogP contribution in [0.3, 0.4) is 0 Å². The topological polar surface area (TPSA) is 20.3 Å². The SMILES string of the molecule is O=C1C=C2C=C(N3CCc4cc(C(F)(F)F)ccc43)CCC2CC1. The van der Waals surface area contributed by atoms with Crippen LogP contribution < -0.4 is 4.90 Å². The normalized spacial score (nSPS) is 23.5. The Morgan fingerprint density at radius 2 is 1.83 bits per heavy atom. The van der Waals surface area contributed by atoms with Crippen LogP contribution in [0.1, 0.15) is 36.8 Å². The maximum absolute atomic E-state index is 12.9. The molecule has 4 rings (SSSR count). The minimum Gasteiger partial charge on any atom is -0.345 e. The molecular weight excluding hydrogens is 315 g/mol. The highest BCUT2D eigenvalue weighted by atomic mass is 19.4. The molecule has 1 aliphatic heterocycles. The Labute approximate surface area is 138 Å². The number of ketones is 1. The fourth-order valence-electron chi connectivity index (χ4n) is 4.01. The zero-order chi connectivity index (χ0) is 16.9. The van der Waals surface area contributed by atoms with Crippen LogP contribution in [0, 0.1) is 5.92 Å². The highest BCUT2D eigenvalue weighted by Crippen LogP contribution is 2.41. The number of allylic oxidation sites excluding steroid dienone is 4. The summed E-state index contributed by atoms with van der Waals surface area (Å²) in [5.41, 5.74) is 3.25. The molecule has 2 nitrogen and oxygen atoms in total. The van der Waals surface area contributed by atoms with Crippen LogP contribution in [0.15, 0.2) is 41.6 Å². The van der Waals surface area contributed by atoms with Crippen molar-refractivity contribution in [3.05, 3.63) is 52.7 Å². The smallest absolute Gasteiger partial charge is 0.345 e. The van der Waals surface area contributed by atoms with E-state index in [1.165, 1.54) is 6.07 Å². The molecule has 0 saturated carbocycles. The Hall–Kier alpha value is -2.04. The van der Waals surface area contributed by atoms with Crippen LogP contribution in [0.25, 0.3) is 0 Å². The van der Waals surface area contributed by atoms with E-state index in [2.05, 4.69) is 11.0 Å². The van der Waals surface area contributed by atoms with Crippen LogP contribution in [0.2, 0.25) is 0 Å². The monoisotopic (exact) mass is 333 g/mol. The molecule has 24 heavy (non-hydrogen) atoms. The molecule has 5 heteroatoms. The van der Waals surface area contributed by atoms with Crippen LogP contribution in [-0.2, 0) is 17.4 Å². The average Bonchev–Trinajstić information content (AvgIpc) is 2.96. The number of carbonyl (C=O) groups excluding carboxylic acids is 1. The summed E-state index contributed by atoms with van der Waals surface area (Å²) in [7, 11) is 0. The summed E-state index contributed by atoms with van der Waals surface area (Å²) in [6.45, 7) is 0.703. The standard InChI is InChI=1S/C19H18F3NO/c20-19(21,22)15-3-6-18-13(9-15)7-8-23(18)16-4-1-12-2-5-17(24)11-14(12)10-16/h3,6,9-12H,1-2,4-5,7-8H2. The number of hydrogen-bond acceptors (Lipinski definition) is 2. The molecule has 0 spiro atoms. The fourth-order valence-corrected chi connectivity index (χ4v) is 4.01. The van der Waals surface area contributed by atoms with Gasteiger partial charge in [0.05, 0.1) is 5.56 Å². The van der Waals surface area contributed by atoms with Crippen molar-refractivity contribution in [1.82, 2.24) is 0 Å². The summed E-state index contributed by atoms with van der Waals surface area (Å²) in [5, 5.41) is 0. The van der Waals surface area contributed by atoms with E-state index in [-0.39, 0.29) is 5.78 Å². The molecule has 0 bridgehead atoms. The molecule has 1 atom stereocenters. The molecule has 0 amide bonds. The van der Waals surface area contributed by atoms with Crippen LogP contribution >= 0.6 is 0 Å². The largest absolute Gasteiger partial charge is 0.416 e. The van der Waals surface area contributed by atoms with Crippen molar-refractivity contribution in [2.45, 2.75) is 38.3 Å². The third-order valence-electron chi connectivity index (χ3n) is 5.27. The Bertz CT molecular complexity index is 760. The lowest BCUT2D eigenvalue weighted by atomic mass is 9.79. The molecular formula is C19H18F3NO. The first-order chi connectivity index (χ1) is 11.4. The number of benzene rings is 1. The van der Waals surface area contributed by atoms with Crippen LogP contribution in [0.5, 0.6) is 0 Å². The number of fused-ring (bicyclic) bond motifs is 2. The third-order valence-corrected chi connectivity index (χ3v) is 5.27. The Balaban J connectivity index is 1.65. The van der Waals surface area contributed by atoms with Crippen molar-refractivity contribution >= 4 is 11.5 Å². The van der Waals surface area contributed by atoms with Crippen LogP contribution in [-0.4, -0.2) is 12.3 Å². The minimum atomic E-state index is -4.30. The molecule has 2 aliphatic carbocycles. The molecule has 0 aromatic heterocycles. The van der Waals surface area contributed by atoms with E-state index >= 15 is 0 Å². The van der Waals surface area contributed by atoms with Crippen molar-refractivity contribution < 1.29 is 18.0 Å². The van der Waals surface area contributed by atoms with Crippen molar-refractivity contribution in [2.24, 2.45) is 5.92 Å². The van der Waals surface area contributed by atoms with E-state index in [0.717, 1.165) is 47.8 Å². The number of nitrogens with zero attached hydrogens (tertiary/aromatic N) is 1. The Morgan fingerprint density at radius 1 is 1.04 bits per heavy atom. The van der Waals surface area contributed by atoms with E-state index in [1.807, 2.05) is 0 Å². The van der Waals surface area contributed by atoms with E-state index in [0.29, 0.717) is 25.3 Å². The number of hydrogen-bond donors (Lipinski definition) is 0. The van der Waals surface area contributed by atoms with Gasteiger partial charge in [-0.15, -0.1) is 0 Å². The zero-order valence-electron chi connectivity index (χ0n) is 13.2. The summed E-state index contributed by atoms with van der Waals surface area (Å²) in [4.78, 5) is 13.8. The van der Waals surface area contributed by atoms with Crippen LogP contribution in [0.4, 0.5) is 18.9 Å². The number of anilines is 1. The molecule has 0 saturated heterocycles. The fraction of sp³-hybridized carbons (Fsp3) is 0.421. The third kappa shape index (κ3) is 2.66. The van der Waals surface area contributed by atoms with Gasteiger partial charge in [-0.3, -0.25) is 4.79 Å². The average molecular weight is 333 g/mol. The van der Waals surface area contributed by atoms with Crippen molar-refractivity contribution in [3.63, 3.8) is 0 Å². The van der Waals surface area contributed by atoms with Gasteiger partial charge in [-0.05, 0) is 73.1 Å². The predicted molar refractivity (Wildman–Crippen MR) is 85.6 cm³/mol. The quantitative estimate of drug-likeness (QED) is 0.745. The number of carbonyl (C=O) groups is 1. The second-order valence-electron chi connectivity index (χ2n) is 6.76. The lowest BCUT2D eigenvalue weighted by Gasteiger charge is -2.32. The Kier molecular flexibility index (Phi) is 3.55. The van der Waals surface area contributed by atoms with Gasteiger partial charge < -0.3 is 4.90 Å². The van der Waals surface area contributed by atoms with Gasteiger partial charge in [-0.25, -0.2) is 0 Å². The molecule has 1 aromatic carbocycles. The molecule has 0 radical (unpaired) electrons. The van der Waals surface area contributed by atoms with Gasteiger partial charge in [-0.1, -0.05) is 0 Å². The maximum Gasteiger partial charge on any atom is 0.416 e.